The number of aromatic nitrogens is 5. The lowest BCUT2D eigenvalue weighted by Crippen LogP contribution is -2.09. The maximum absolute atomic E-state index is 5.50. The van der Waals surface area contributed by atoms with Gasteiger partial charge >= 0.3 is 0 Å². The Morgan fingerprint density at radius 1 is 1.10 bits per heavy atom. The highest BCUT2D eigenvalue weighted by Gasteiger charge is 2.15. The summed E-state index contributed by atoms with van der Waals surface area (Å²) < 4.78 is 14.6. The second-order valence-corrected chi connectivity index (χ2v) is 4.29. The van der Waals surface area contributed by atoms with Gasteiger partial charge in [0.15, 0.2) is 0 Å². The molecule has 0 atom stereocenters. The van der Waals surface area contributed by atoms with Crippen molar-refractivity contribution in [3.63, 3.8) is 0 Å². The average Bonchev–Trinajstić information content (AvgIpc) is 3.08. The van der Waals surface area contributed by atoms with E-state index in [4.69, 9.17) is 9.47 Å². The molecule has 0 fully saturated rings. The van der Waals surface area contributed by atoms with Crippen LogP contribution in [0.25, 0.3) is 0 Å². The average molecular weight is 279 g/mol. The molecule has 0 radical (unpaired) electrons. The highest BCUT2D eigenvalue weighted by atomic mass is 16.7. The number of rotatable bonds is 8. The molecular formula is C13H21N5O2. The molecule has 2 heterocycles. The molecule has 0 aliphatic rings. The van der Waals surface area contributed by atoms with E-state index < -0.39 is 6.29 Å². The zero-order valence-electron chi connectivity index (χ0n) is 12.2. The van der Waals surface area contributed by atoms with Crippen LogP contribution in [0.1, 0.15) is 38.3 Å². The van der Waals surface area contributed by atoms with Crippen LogP contribution >= 0.6 is 0 Å². The summed E-state index contributed by atoms with van der Waals surface area (Å²) in [6.07, 6.45) is 5.24. The molecule has 7 nitrogen and oxygen atoms in total. The molecule has 0 unspecified atom stereocenters. The molecule has 0 aliphatic heterocycles. The Labute approximate surface area is 118 Å². The van der Waals surface area contributed by atoms with Gasteiger partial charge < -0.3 is 9.47 Å². The molecule has 7 heteroatoms. The van der Waals surface area contributed by atoms with E-state index in [0.717, 1.165) is 12.1 Å². The quantitative estimate of drug-likeness (QED) is 0.687. The summed E-state index contributed by atoms with van der Waals surface area (Å²) in [5.41, 5.74) is 1.78. The first-order valence-electron chi connectivity index (χ1n) is 6.91. The summed E-state index contributed by atoms with van der Waals surface area (Å²) >= 11 is 0. The first-order valence-corrected chi connectivity index (χ1v) is 6.91. The van der Waals surface area contributed by atoms with Crippen molar-refractivity contribution in [1.29, 1.82) is 0 Å². The smallest absolute Gasteiger partial charge is 0.204 e. The molecule has 0 amide bonds. The van der Waals surface area contributed by atoms with E-state index in [1.165, 1.54) is 0 Å². The predicted octanol–water partition coefficient (Wildman–Crippen LogP) is 1.61. The van der Waals surface area contributed by atoms with Gasteiger partial charge in [0.25, 0.3) is 0 Å². The van der Waals surface area contributed by atoms with Crippen molar-refractivity contribution in [2.75, 3.05) is 13.2 Å². The van der Waals surface area contributed by atoms with Crippen molar-refractivity contribution < 1.29 is 9.47 Å². The first kappa shape index (κ1) is 14.7. The van der Waals surface area contributed by atoms with Crippen molar-refractivity contribution >= 4 is 0 Å². The van der Waals surface area contributed by atoms with Gasteiger partial charge in [0, 0.05) is 31.5 Å². The Morgan fingerprint density at radius 3 is 2.45 bits per heavy atom. The van der Waals surface area contributed by atoms with Crippen LogP contribution in [0.4, 0.5) is 0 Å². The lowest BCUT2D eigenvalue weighted by atomic mass is 10.3. The van der Waals surface area contributed by atoms with Crippen LogP contribution < -0.4 is 0 Å². The Balaban J connectivity index is 2.03. The topological polar surface area (TPSA) is 67.0 Å². The van der Waals surface area contributed by atoms with E-state index in [0.29, 0.717) is 25.5 Å². The minimum Gasteiger partial charge on any atom is -0.347 e. The molecule has 0 aromatic carbocycles. The summed E-state index contributed by atoms with van der Waals surface area (Å²) in [5.74, 6) is 0. The largest absolute Gasteiger partial charge is 0.347 e. The molecule has 2 aromatic heterocycles. The number of hydrogen-bond donors (Lipinski definition) is 0. The molecule has 110 valence electrons. The number of hydrogen-bond acceptors (Lipinski definition) is 5. The minimum absolute atomic E-state index is 0.447. The van der Waals surface area contributed by atoms with Gasteiger partial charge in [-0.25, -0.2) is 4.68 Å². The van der Waals surface area contributed by atoms with Gasteiger partial charge in [-0.3, -0.25) is 4.68 Å². The summed E-state index contributed by atoms with van der Waals surface area (Å²) in [7, 11) is 0. The third-order valence-electron chi connectivity index (χ3n) is 2.79. The molecule has 0 spiro atoms. The van der Waals surface area contributed by atoms with Gasteiger partial charge in [-0.2, -0.15) is 5.10 Å². The van der Waals surface area contributed by atoms with E-state index in [-0.39, 0.29) is 0 Å². The van der Waals surface area contributed by atoms with Crippen LogP contribution in [0.3, 0.4) is 0 Å². The van der Waals surface area contributed by atoms with Gasteiger partial charge in [-0.1, -0.05) is 5.21 Å². The van der Waals surface area contributed by atoms with Crippen LogP contribution in [0, 0.1) is 0 Å². The van der Waals surface area contributed by atoms with Crippen LogP contribution in [0.15, 0.2) is 18.6 Å². The maximum Gasteiger partial charge on any atom is 0.204 e. The molecule has 2 rings (SSSR count). The second kappa shape index (κ2) is 7.16. The molecule has 20 heavy (non-hydrogen) atoms. The molecule has 0 saturated carbocycles. The van der Waals surface area contributed by atoms with Crippen molar-refractivity contribution in [3.8, 4) is 0 Å². The first-order chi connectivity index (χ1) is 9.76. The number of nitrogens with zero attached hydrogens (tertiary/aromatic N) is 5. The fourth-order valence-corrected chi connectivity index (χ4v) is 1.87. The fraction of sp³-hybridized carbons (Fsp3) is 0.615. The molecule has 2 aromatic rings. The number of ether oxygens (including phenoxy) is 2. The van der Waals surface area contributed by atoms with Crippen molar-refractivity contribution in [2.45, 2.75) is 40.2 Å². The molecule has 0 saturated heterocycles. The minimum atomic E-state index is -0.447. The van der Waals surface area contributed by atoms with Crippen molar-refractivity contribution in [2.24, 2.45) is 0 Å². The molecule has 0 aliphatic carbocycles. The fourth-order valence-electron chi connectivity index (χ4n) is 1.87. The van der Waals surface area contributed by atoms with Crippen LogP contribution in [0.5, 0.6) is 0 Å². The normalized spacial score (nSPS) is 11.4. The van der Waals surface area contributed by atoms with Crippen molar-refractivity contribution in [1.82, 2.24) is 24.8 Å². The van der Waals surface area contributed by atoms with Gasteiger partial charge in [0.05, 0.1) is 18.9 Å². The van der Waals surface area contributed by atoms with E-state index in [9.17, 15) is 0 Å². The van der Waals surface area contributed by atoms with Gasteiger partial charge in [0.1, 0.15) is 5.69 Å². The Morgan fingerprint density at radius 2 is 1.85 bits per heavy atom. The highest BCUT2D eigenvalue weighted by Crippen LogP contribution is 2.16. The lowest BCUT2D eigenvalue weighted by molar-refractivity contribution is -0.142. The lowest BCUT2D eigenvalue weighted by Gasteiger charge is -2.13. The van der Waals surface area contributed by atoms with Gasteiger partial charge in [0.2, 0.25) is 6.29 Å². The summed E-state index contributed by atoms with van der Waals surface area (Å²) in [5, 5.41) is 12.5. The predicted molar refractivity (Wildman–Crippen MR) is 73.0 cm³/mol. The van der Waals surface area contributed by atoms with Crippen LogP contribution in [-0.2, 0) is 22.6 Å². The summed E-state index contributed by atoms with van der Waals surface area (Å²) in [6, 6.07) is 0. The Bertz CT molecular complexity index is 516. The zero-order chi connectivity index (χ0) is 14.4. The highest BCUT2D eigenvalue weighted by molar-refractivity contribution is 5.05. The molecule has 0 bridgehead atoms. The van der Waals surface area contributed by atoms with E-state index in [2.05, 4.69) is 22.3 Å². The van der Waals surface area contributed by atoms with Gasteiger partial charge in [-0.05, 0) is 20.8 Å². The second-order valence-electron chi connectivity index (χ2n) is 4.29. The molecular weight excluding hydrogens is 258 g/mol. The van der Waals surface area contributed by atoms with Crippen molar-refractivity contribution in [3.05, 3.63) is 29.8 Å². The van der Waals surface area contributed by atoms with Crippen LogP contribution in [0.2, 0.25) is 0 Å². The zero-order valence-corrected chi connectivity index (χ0v) is 12.2. The van der Waals surface area contributed by atoms with E-state index >= 15 is 0 Å². The standard InChI is InChI=1S/C13H21N5O2/c1-4-17-8-11(7-14-17)9-18-10-12(15-16-18)13(19-5-2)20-6-3/h7-8,10,13H,4-6,9H2,1-3H3. The Kier molecular flexibility index (Phi) is 5.25. The third-order valence-corrected chi connectivity index (χ3v) is 2.79. The summed E-state index contributed by atoms with van der Waals surface area (Å²) in [6.45, 7) is 8.54. The monoisotopic (exact) mass is 279 g/mol. The Hall–Kier alpha value is -1.73. The SMILES string of the molecule is CCOC(OCC)c1cn(Cc2cnn(CC)c2)nn1. The van der Waals surface area contributed by atoms with Crippen LogP contribution in [-0.4, -0.2) is 38.0 Å². The van der Waals surface area contributed by atoms with E-state index in [1.54, 1.807) is 4.68 Å². The van der Waals surface area contributed by atoms with Gasteiger partial charge in [-0.15, -0.1) is 5.10 Å². The number of aryl methyl sites for hydroxylation is 1. The molecule has 0 N–H and O–H groups in total. The van der Waals surface area contributed by atoms with E-state index in [1.807, 2.05) is 37.1 Å². The third kappa shape index (κ3) is 3.64. The summed E-state index contributed by atoms with van der Waals surface area (Å²) in [4.78, 5) is 0. The maximum atomic E-state index is 5.50.